The van der Waals surface area contributed by atoms with Crippen molar-refractivity contribution >= 4 is 24.8 Å². The third-order valence-electron chi connectivity index (χ3n) is 3.35. The van der Waals surface area contributed by atoms with Gasteiger partial charge in [0.2, 0.25) is 5.89 Å². The molecule has 1 atom stereocenters. The topological polar surface area (TPSA) is 41.3 Å². The van der Waals surface area contributed by atoms with Crippen molar-refractivity contribution in [3.05, 3.63) is 17.3 Å². The van der Waals surface area contributed by atoms with Crippen LogP contribution in [0.3, 0.4) is 0 Å². The van der Waals surface area contributed by atoms with Crippen LogP contribution in [0.4, 0.5) is 0 Å². The summed E-state index contributed by atoms with van der Waals surface area (Å²) in [5.74, 6) is 1.80. The quantitative estimate of drug-likeness (QED) is 0.926. The van der Waals surface area contributed by atoms with Crippen molar-refractivity contribution in [3.63, 3.8) is 0 Å². The molecule has 1 aliphatic heterocycles. The van der Waals surface area contributed by atoms with E-state index in [-0.39, 0.29) is 24.8 Å². The van der Waals surface area contributed by atoms with E-state index in [2.05, 4.69) is 15.2 Å². The Balaban J connectivity index is 0.00000144. The van der Waals surface area contributed by atoms with Gasteiger partial charge >= 0.3 is 0 Å². The molecular weight excluding hydrogens is 273 g/mol. The molecule has 18 heavy (non-hydrogen) atoms. The second-order valence-electron chi connectivity index (χ2n) is 4.57. The molecule has 0 aromatic carbocycles. The zero-order chi connectivity index (χ0) is 11.5. The number of aryl methyl sites for hydroxylation is 2. The lowest BCUT2D eigenvalue weighted by molar-refractivity contribution is 0.218. The molecule has 1 aromatic rings. The average molecular weight is 296 g/mol. The van der Waals surface area contributed by atoms with Crippen molar-refractivity contribution in [2.45, 2.75) is 39.3 Å². The van der Waals surface area contributed by atoms with Gasteiger partial charge in [0.05, 0.1) is 12.2 Å². The fourth-order valence-electron chi connectivity index (χ4n) is 2.35. The number of nitrogens with zero attached hydrogens (tertiary/aromatic N) is 2. The van der Waals surface area contributed by atoms with Crippen LogP contribution in [0.25, 0.3) is 0 Å². The average Bonchev–Trinajstić information content (AvgIpc) is 2.77. The van der Waals surface area contributed by atoms with Gasteiger partial charge in [-0.25, -0.2) is 4.98 Å². The largest absolute Gasteiger partial charge is 0.444 e. The number of hydrogen-bond donors (Lipinski definition) is 1. The molecule has 1 N–H and O–H groups in total. The molecule has 0 aliphatic carbocycles. The Bertz CT molecular complexity index is 338. The number of halogens is 2. The van der Waals surface area contributed by atoms with Crippen LogP contribution in [-0.4, -0.2) is 36.1 Å². The molecule has 1 aromatic heterocycles. The maximum Gasteiger partial charge on any atom is 0.208 e. The van der Waals surface area contributed by atoms with Gasteiger partial charge in [0.15, 0.2) is 0 Å². The first-order valence-corrected chi connectivity index (χ1v) is 6.02. The summed E-state index contributed by atoms with van der Waals surface area (Å²) in [7, 11) is 2.01. The maximum absolute atomic E-state index is 5.63. The SMILES string of the molecule is CNCC1CCCN1Cc1nc(C)c(C)o1.Cl.Cl. The molecule has 4 nitrogen and oxygen atoms in total. The van der Waals surface area contributed by atoms with E-state index in [1.165, 1.54) is 12.8 Å². The first-order valence-electron chi connectivity index (χ1n) is 6.02. The van der Waals surface area contributed by atoms with Crippen LogP contribution >= 0.6 is 24.8 Å². The lowest BCUT2D eigenvalue weighted by Gasteiger charge is -2.22. The standard InChI is InChI=1S/C12H21N3O.2ClH/c1-9-10(2)16-12(14-9)8-15-6-4-5-11(15)7-13-3;;/h11,13H,4-8H2,1-3H3;2*1H. The molecule has 0 saturated carbocycles. The molecule has 1 fully saturated rings. The molecule has 1 unspecified atom stereocenters. The van der Waals surface area contributed by atoms with Crippen LogP contribution in [0.1, 0.15) is 30.2 Å². The van der Waals surface area contributed by atoms with Crippen LogP contribution < -0.4 is 5.32 Å². The van der Waals surface area contributed by atoms with Gasteiger partial charge in [-0.1, -0.05) is 0 Å². The molecular formula is C12H23Cl2N3O. The third kappa shape index (κ3) is 4.12. The van der Waals surface area contributed by atoms with Crippen LogP contribution in [0.2, 0.25) is 0 Å². The summed E-state index contributed by atoms with van der Waals surface area (Å²) in [5, 5.41) is 3.25. The predicted molar refractivity (Wildman–Crippen MR) is 77.8 cm³/mol. The van der Waals surface area contributed by atoms with Gasteiger partial charge in [0.25, 0.3) is 0 Å². The van der Waals surface area contributed by atoms with Crippen molar-refractivity contribution < 1.29 is 4.42 Å². The van der Waals surface area contributed by atoms with Crippen molar-refractivity contribution in [2.24, 2.45) is 0 Å². The molecule has 2 rings (SSSR count). The normalized spacial score (nSPS) is 19.4. The lowest BCUT2D eigenvalue weighted by Crippen LogP contribution is -2.36. The first-order chi connectivity index (χ1) is 7.70. The molecule has 0 bridgehead atoms. The lowest BCUT2D eigenvalue weighted by atomic mass is 10.2. The number of rotatable bonds is 4. The zero-order valence-electron chi connectivity index (χ0n) is 11.2. The summed E-state index contributed by atoms with van der Waals surface area (Å²) in [6.45, 7) is 7.03. The molecule has 106 valence electrons. The molecule has 1 saturated heterocycles. The van der Waals surface area contributed by atoms with Gasteiger partial charge in [0.1, 0.15) is 5.76 Å². The van der Waals surface area contributed by atoms with Gasteiger partial charge in [-0.05, 0) is 40.3 Å². The minimum absolute atomic E-state index is 0. The summed E-state index contributed by atoms with van der Waals surface area (Å²) in [6, 6.07) is 0.637. The Morgan fingerprint density at radius 1 is 1.39 bits per heavy atom. The Kier molecular flexibility index (Phi) is 7.87. The minimum atomic E-state index is 0. The summed E-state index contributed by atoms with van der Waals surface area (Å²) in [6.07, 6.45) is 2.56. The highest BCUT2D eigenvalue weighted by molar-refractivity contribution is 5.85. The van der Waals surface area contributed by atoms with E-state index in [9.17, 15) is 0 Å². The maximum atomic E-state index is 5.63. The number of aromatic nitrogens is 1. The van der Waals surface area contributed by atoms with Gasteiger partial charge in [-0.2, -0.15) is 0 Å². The van der Waals surface area contributed by atoms with E-state index >= 15 is 0 Å². The highest BCUT2D eigenvalue weighted by Gasteiger charge is 2.25. The summed E-state index contributed by atoms with van der Waals surface area (Å²) >= 11 is 0. The Labute approximate surface area is 121 Å². The molecule has 1 aliphatic rings. The molecule has 0 spiro atoms. The summed E-state index contributed by atoms with van der Waals surface area (Å²) < 4.78 is 5.63. The number of likely N-dealkylation sites (tertiary alicyclic amines) is 1. The highest BCUT2D eigenvalue weighted by atomic mass is 35.5. The predicted octanol–water partition coefficient (Wildman–Crippen LogP) is 2.32. The second-order valence-corrected chi connectivity index (χ2v) is 4.57. The van der Waals surface area contributed by atoms with Crippen molar-refractivity contribution in [1.82, 2.24) is 15.2 Å². The zero-order valence-corrected chi connectivity index (χ0v) is 12.9. The molecule has 0 radical (unpaired) electrons. The fraction of sp³-hybridized carbons (Fsp3) is 0.750. The van der Waals surface area contributed by atoms with E-state index in [1.54, 1.807) is 0 Å². The van der Waals surface area contributed by atoms with E-state index in [0.29, 0.717) is 6.04 Å². The van der Waals surface area contributed by atoms with Gasteiger partial charge in [0, 0.05) is 12.6 Å². The fourth-order valence-corrected chi connectivity index (χ4v) is 2.35. The number of hydrogen-bond acceptors (Lipinski definition) is 4. The van der Waals surface area contributed by atoms with Crippen molar-refractivity contribution in [1.29, 1.82) is 0 Å². The Morgan fingerprint density at radius 3 is 2.67 bits per heavy atom. The van der Waals surface area contributed by atoms with Gasteiger partial charge in [-0.15, -0.1) is 24.8 Å². The van der Waals surface area contributed by atoms with Gasteiger partial charge < -0.3 is 9.73 Å². The van der Waals surface area contributed by atoms with Crippen LogP contribution in [0, 0.1) is 13.8 Å². The van der Waals surface area contributed by atoms with E-state index < -0.39 is 0 Å². The van der Waals surface area contributed by atoms with E-state index in [1.807, 2.05) is 20.9 Å². The Morgan fingerprint density at radius 2 is 2.11 bits per heavy atom. The highest BCUT2D eigenvalue weighted by Crippen LogP contribution is 2.20. The molecule has 0 amide bonds. The Hall–Kier alpha value is -0.290. The van der Waals surface area contributed by atoms with Crippen LogP contribution in [-0.2, 0) is 6.54 Å². The van der Waals surface area contributed by atoms with Crippen molar-refractivity contribution in [3.8, 4) is 0 Å². The van der Waals surface area contributed by atoms with Crippen LogP contribution in [0.15, 0.2) is 4.42 Å². The van der Waals surface area contributed by atoms with Crippen molar-refractivity contribution in [2.75, 3.05) is 20.1 Å². The molecule has 6 heteroatoms. The molecule has 2 heterocycles. The third-order valence-corrected chi connectivity index (χ3v) is 3.35. The number of nitrogens with one attached hydrogen (secondary N) is 1. The number of oxazole rings is 1. The second kappa shape index (κ2) is 8.00. The minimum Gasteiger partial charge on any atom is -0.444 e. The van der Waals surface area contributed by atoms with Crippen LogP contribution in [0.5, 0.6) is 0 Å². The summed E-state index contributed by atoms with van der Waals surface area (Å²) in [5.41, 5.74) is 1.01. The summed E-state index contributed by atoms with van der Waals surface area (Å²) in [4.78, 5) is 6.90. The first kappa shape index (κ1) is 17.7. The van der Waals surface area contributed by atoms with E-state index in [0.717, 1.165) is 37.0 Å². The number of likely N-dealkylation sites (N-methyl/N-ethyl adjacent to an activating group) is 1. The monoisotopic (exact) mass is 295 g/mol. The van der Waals surface area contributed by atoms with Gasteiger partial charge in [-0.3, -0.25) is 4.90 Å². The smallest absolute Gasteiger partial charge is 0.208 e. The van der Waals surface area contributed by atoms with E-state index in [4.69, 9.17) is 4.42 Å².